The monoisotopic (exact) mass is 726 g/mol. The van der Waals surface area contributed by atoms with Gasteiger partial charge >= 0.3 is 5.97 Å². The summed E-state index contributed by atoms with van der Waals surface area (Å²) in [6.07, 6.45) is 5.24. The lowest BCUT2D eigenvalue weighted by Gasteiger charge is -2.44. The minimum Gasteiger partial charge on any atom is -0.452 e. The van der Waals surface area contributed by atoms with E-state index in [0.29, 0.717) is 12.0 Å². The second-order valence-corrected chi connectivity index (χ2v) is 18.3. The van der Waals surface area contributed by atoms with E-state index in [4.69, 9.17) is 18.6 Å². The van der Waals surface area contributed by atoms with Crippen LogP contribution in [-0.2, 0) is 18.6 Å². The molecule has 4 rings (SSSR count). The molecule has 0 radical (unpaired) electrons. The van der Waals surface area contributed by atoms with Crippen LogP contribution in [0.25, 0.3) is 0 Å². The van der Waals surface area contributed by atoms with Crippen LogP contribution in [-0.4, -0.2) is 48.9 Å². The smallest absolute Gasteiger partial charge is 0.338 e. The zero-order valence-electron chi connectivity index (χ0n) is 26.9. The Kier molecular flexibility index (Phi) is 12.0. The van der Waals surface area contributed by atoms with Crippen LogP contribution in [0.15, 0.2) is 103 Å². The van der Waals surface area contributed by atoms with Crippen molar-refractivity contribution in [1.29, 1.82) is 0 Å². The highest BCUT2D eigenvalue weighted by Crippen LogP contribution is 2.38. The summed E-state index contributed by atoms with van der Waals surface area (Å²) < 4.78 is 27.1. The van der Waals surface area contributed by atoms with Crippen molar-refractivity contribution in [3.8, 4) is 0 Å². The summed E-state index contributed by atoms with van der Waals surface area (Å²) in [7, 11) is -2.70. The molecule has 3 aromatic carbocycles. The molecule has 236 valence electrons. The molecular weight excluding hydrogens is 679 g/mol. The van der Waals surface area contributed by atoms with Gasteiger partial charge in [0.25, 0.3) is 8.32 Å². The van der Waals surface area contributed by atoms with Crippen molar-refractivity contribution in [2.24, 2.45) is 0 Å². The number of rotatable bonds is 13. The third-order valence-electron chi connectivity index (χ3n) is 8.01. The maximum Gasteiger partial charge on any atom is 0.338 e. The number of halogens is 1. The first-order valence-corrected chi connectivity index (χ1v) is 19.0. The Morgan fingerprint density at radius 1 is 0.932 bits per heavy atom. The van der Waals surface area contributed by atoms with Gasteiger partial charge in [0.1, 0.15) is 12.2 Å². The molecule has 1 fully saturated rings. The van der Waals surface area contributed by atoms with Crippen LogP contribution in [0.3, 0.4) is 0 Å². The van der Waals surface area contributed by atoms with E-state index >= 15 is 0 Å². The molecule has 0 aliphatic carbocycles. The minimum atomic E-state index is -2.70. The van der Waals surface area contributed by atoms with Crippen molar-refractivity contribution in [3.05, 3.63) is 109 Å². The average molecular weight is 727 g/mol. The van der Waals surface area contributed by atoms with E-state index in [0.717, 1.165) is 17.3 Å². The predicted molar refractivity (Wildman–Crippen MR) is 190 cm³/mol. The SMILES string of the molecule is C[C@H](C/C=C\C(OC(=O)c1ccccc1)[C@H]1OC(C)(C)O[C@H]1CCCI)O[Si](c1ccccc1)(c1ccccc1)C(C)(C)C. The molecule has 0 saturated carbocycles. The number of esters is 1. The molecule has 0 aromatic heterocycles. The number of hydrogen-bond donors (Lipinski definition) is 0. The van der Waals surface area contributed by atoms with Crippen LogP contribution in [0.4, 0.5) is 0 Å². The van der Waals surface area contributed by atoms with Gasteiger partial charge in [0.2, 0.25) is 0 Å². The molecule has 1 aliphatic heterocycles. The van der Waals surface area contributed by atoms with Gasteiger partial charge in [-0.25, -0.2) is 4.79 Å². The first-order valence-electron chi connectivity index (χ1n) is 15.6. The lowest BCUT2D eigenvalue weighted by atomic mass is 10.0. The lowest BCUT2D eigenvalue weighted by Crippen LogP contribution is -2.67. The van der Waals surface area contributed by atoms with E-state index in [1.54, 1.807) is 12.1 Å². The fourth-order valence-corrected chi connectivity index (χ4v) is 11.2. The van der Waals surface area contributed by atoms with Crippen molar-refractivity contribution in [1.82, 2.24) is 0 Å². The number of carbonyl (C=O) groups is 1. The summed E-state index contributed by atoms with van der Waals surface area (Å²) in [5, 5.41) is 2.38. The van der Waals surface area contributed by atoms with Gasteiger partial charge < -0.3 is 18.6 Å². The van der Waals surface area contributed by atoms with Gasteiger partial charge in [0.15, 0.2) is 5.79 Å². The Balaban J connectivity index is 1.61. The molecule has 1 aliphatic rings. The van der Waals surface area contributed by atoms with Crippen molar-refractivity contribution in [2.75, 3.05) is 4.43 Å². The van der Waals surface area contributed by atoms with Gasteiger partial charge in [-0.15, -0.1) is 0 Å². The zero-order valence-corrected chi connectivity index (χ0v) is 30.0. The molecular formula is C37H47IO5Si. The quantitative estimate of drug-likeness (QED) is 0.0591. The summed E-state index contributed by atoms with van der Waals surface area (Å²) in [6, 6.07) is 30.5. The number of alkyl halides is 1. The maximum atomic E-state index is 13.2. The fraction of sp³-hybridized carbons (Fsp3) is 0.432. The molecule has 0 N–H and O–H groups in total. The van der Waals surface area contributed by atoms with Crippen molar-refractivity contribution >= 4 is 47.3 Å². The molecule has 3 aromatic rings. The largest absolute Gasteiger partial charge is 0.452 e. The molecule has 7 heteroatoms. The Labute approximate surface area is 278 Å². The van der Waals surface area contributed by atoms with E-state index in [2.05, 4.69) is 117 Å². The number of carbonyl (C=O) groups excluding carboxylic acids is 1. The Morgan fingerprint density at radius 2 is 1.48 bits per heavy atom. The molecule has 1 unspecified atom stereocenters. The van der Waals surface area contributed by atoms with Crippen LogP contribution in [0, 0.1) is 0 Å². The summed E-state index contributed by atoms with van der Waals surface area (Å²) in [5.41, 5.74) is 0.510. The molecule has 1 heterocycles. The first-order chi connectivity index (χ1) is 21.0. The van der Waals surface area contributed by atoms with E-state index < -0.39 is 26.3 Å². The molecule has 0 bridgehead atoms. The predicted octanol–water partition coefficient (Wildman–Crippen LogP) is 7.86. The van der Waals surface area contributed by atoms with E-state index in [1.165, 1.54) is 10.4 Å². The minimum absolute atomic E-state index is 0.0879. The van der Waals surface area contributed by atoms with Crippen molar-refractivity contribution in [3.63, 3.8) is 0 Å². The van der Waals surface area contributed by atoms with Gasteiger partial charge in [0.05, 0.1) is 11.7 Å². The Hall–Kier alpha value is -2.30. The molecule has 1 saturated heterocycles. The molecule has 5 nitrogen and oxygen atoms in total. The van der Waals surface area contributed by atoms with Gasteiger partial charge in [-0.05, 0) is 78.1 Å². The van der Waals surface area contributed by atoms with Crippen LogP contribution < -0.4 is 10.4 Å². The Morgan fingerprint density at radius 3 is 2.00 bits per heavy atom. The van der Waals surface area contributed by atoms with Crippen molar-refractivity contribution in [2.45, 2.75) is 96.0 Å². The second-order valence-electron chi connectivity index (χ2n) is 13.0. The van der Waals surface area contributed by atoms with Gasteiger partial charge in [0, 0.05) is 6.10 Å². The Bertz CT molecular complexity index is 1300. The topological polar surface area (TPSA) is 54.0 Å². The molecule has 0 amide bonds. The highest BCUT2D eigenvalue weighted by Gasteiger charge is 2.51. The molecule has 4 atom stereocenters. The normalized spacial score (nSPS) is 20.0. The summed E-state index contributed by atoms with van der Waals surface area (Å²) in [6.45, 7) is 12.8. The van der Waals surface area contributed by atoms with E-state index in [9.17, 15) is 4.79 Å². The summed E-state index contributed by atoms with van der Waals surface area (Å²) in [5.74, 6) is -1.14. The highest BCUT2D eigenvalue weighted by atomic mass is 127. The van der Waals surface area contributed by atoms with Crippen LogP contribution >= 0.6 is 22.6 Å². The maximum absolute atomic E-state index is 13.2. The number of hydrogen-bond acceptors (Lipinski definition) is 5. The third kappa shape index (κ3) is 8.49. The van der Waals surface area contributed by atoms with Gasteiger partial charge in [-0.2, -0.15) is 0 Å². The standard InChI is InChI=1S/C37H47IO5Si/c1-28(43-44(36(2,3)4,30-21-12-8-13-22-30)31-23-14-9-15-24-31)18-16-25-32(40-35(39)29-19-10-7-11-20-29)34-33(26-17-27-38)41-37(5,6)42-34/h7-16,19-25,28,32-34H,17-18,26-27H2,1-6H3/b25-16-/t28-,32?,33+,34-/m1/s1. The third-order valence-corrected chi connectivity index (χ3v) is 13.9. The summed E-state index contributed by atoms with van der Waals surface area (Å²) in [4.78, 5) is 13.2. The first kappa shape index (κ1) is 34.6. The van der Waals surface area contributed by atoms with E-state index in [1.807, 2.05) is 38.1 Å². The zero-order chi connectivity index (χ0) is 31.8. The van der Waals surface area contributed by atoms with Crippen LogP contribution in [0.2, 0.25) is 5.04 Å². The highest BCUT2D eigenvalue weighted by molar-refractivity contribution is 14.1. The van der Waals surface area contributed by atoms with Crippen LogP contribution in [0.5, 0.6) is 0 Å². The molecule has 0 spiro atoms. The lowest BCUT2D eigenvalue weighted by molar-refractivity contribution is -0.153. The number of ether oxygens (including phenoxy) is 3. The fourth-order valence-electron chi connectivity index (χ4n) is 6.07. The van der Waals surface area contributed by atoms with Crippen molar-refractivity contribution < 1.29 is 23.4 Å². The van der Waals surface area contributed by atoms with E-state index in [-0.39, 0.29) is 23.2 Å². The second kappa shape index (κ2) is 15.3. The number of benzene rings is 3. The average Bonchev–Trinajstić information content (AvgIpc) is 3.32. The molecule has 44 heavy (non-hydrogen) atoms. The summed E-state index contributed by atoms with van der Waals surface area (Å²) >= 11 is 2.38. The van der Waals surface area contributed by atoms with Gasteiger partial charge in [-0.1, -0.05) is 128 Å². The van der Waals surface area contributed by atoms with Gasteiger partial charge in [-0.3, -0.25) is 0 Å². The van der Waals surface area contributed by atoms with Crippen LogP contribution in [0.1, 0.15) is 71.2 Å².